The molecule has 0 bridgehead atoms. The molecule has 2 heterocycles. The van der Waals surface area contributed by atoms with Gasteiger partial charge in [0, 0.05) is 0 Å². The summed E-state index contributed by atoms with van der Waals surface area (Å²) in [5.74, 6) is 0.419. The third-order valence-electron chi connectivity index (χ3n) is 2.86. The molecule has 5 nitrogen and oxygen atoms in total. The van der Waals surface area contributed by atoms with Gasteiger partial charge < -0.3 is 10.3 Å². The normalized spacial score (nSPS) is 10.9. The summed E-state index contributed by atoms with van der Waals surface area (Å²) in [6.45, 7) is 2.81. The fourth-order valence-electron chi connectivity index (χ4n) is 2.02. The van der Waals surface area contributed by atoms with Crippen molar-refractivity contribution in [3.8, 4) is 0 Å². The number of benzene rings is 1. The van der Waals surface area contributed by atoms with E-state index in [9.17, 15) is 0 Å². The van der Waals surface area contributed by atoms with Gasteiger partial charge in [-0.3, -0.25) is 0 Å². The molecule has 0 aliphatic carbocycles. The van der Waals surface area contributed by atoms with Crippen LogP contribution >= 0.6 is 0 Å². The monoisotopic (exact) mass is 239 g/mol. The molecule has 2 aromatic heterocycles. The van der Waals surface area contributed by atoms with E-state index < -0.39 is 0 Å². The Balaban J connectivity index is 2.03. The lowest BCUT2D eigenvalue weighted by Crippen LogP contribution is -2.00. The Hall–Kier alpha value is -2.43. The second kappa shape index (κ2) is 4.10. The van der Waals surface area contributed by atoms with Gasteiger partial charge in [-0.05, 0) is 12.5 Å². The zero-order chi connectivity index (χ0) is 12.5. The molecule has 90 valence electrons. The molecular formula is C13H13N5. The summed E-state index contributed by atoms with van der Waals surface area (Å²) in [5.41, 5.74) is 9.64. The molecule has 0 saturated carbocycles. The summed E-state index contributed by atoms with van der Waals surface area (Å²) in [6, 6.07) is 8.36. The average molecular weight is 239 g/mol. The molecule has 2 N–H and O–H groups in total. The topological polar surface area (TPSA) is 69.6 Å². The zero-order valence-electron chi connectivity index (χ0n) is 10.0. The first kappa shape index (κ1) is 10.7. The van der Waals surface area contributed by atoms with E-state index in [0.29, 0.717) is 11.3 Å². The molecule has 0 amide bonds. The molecule has 0 aliphatic heterocycles. The summed E-state index contributed by atoms with van der Waals surface area (Å²) in [7, 11) is 0. The molecule has 0 radical (unpaired) electrons. The van der Waals surface area contributed by atoms with Crippen molar-refractivity contribution in [2.24, 2.45) is 0 Å². The predicted octanol–water partition coefficient (Wildman–Crippen LogP) is 1.77. The van der Waals surface area contributed by atoms with E-state index in [1.165, 1.54) is 17.5 Å². The highest BCUT2D eigenvalue weighted by Crippen LogP contribution is 2.16. The van der Waals surface area contributed by atoms with Crippen LogP contribution in [0.5, 0.6) is 0 Å². The highest BCUT2D eigenvalue weighted by atomic mass is 15.1. The van der Waals surface area contributed by atoms with Crippen molar-refractivity contribution in [3.05, 3.63) is 48.0 Å². The summed E-state index contributed by atoms with van der Waals surface area (Å²) >= 11 is 0. The number of nitrogens with zero attached hydrogens (tertiary/aromatic N) is 4. The third-order valence-corrected chi connectivity index (χ3v) is 2.86. The second-order valence-electron chi connectivity index (χ2n) is 4.29. The Bertz CT molecular complexity index is 701. The van der Waals surface area contributed by atoms with Crippen LogP contribution in [0.3, 0.4) is 0 Å². The lowest BCUT2D eigenvalue weighted by Gasteiger charge is -2.04. The van der Waals surface area contributed by atoms with Crippen molar-refractivity contribution in [1.82, 2.24) is 19.5 Å². The summed E-state index contributed by atoms with van der Waals surface area (Å²) in [5, 5.41) is 0. The molecule has 0 fully saturated rings. The van der Waals surface area contributed by atoms with Crippen LogP contribution in [-0.2, 0) is 6.54 Å². The number of imidazole rings is 1. The SMILES string of the molecule is Cc1cccc(Cn2cnc3c(N)ncnc32)c1. The van der Waals surface area contributed by atoms with Gasteiger partial charge in [-0.2, -0.15) is 0 Å². The molecule has 3 aromatic rings. The number of nitrogen functional groups attached to an aromatic ring is 1. The molecule has 5 heteroatoms. The highest BCUT2D eigenvalue weighted by Gasteiger charge is 2.07. The largest absolute Gasteiger partial charge is 0.382 e. The quantitative estimate of drug-likeness (QED) is 0.739. The molecule has 0 saturated heterocycles. The van der Waals surface area contributed by atoms with Gasteiger partial charge in [-0.25, -0.2) is 15.0 Å². The van der Waals surface area contributed by atoms with E-state index in [2.05, 4.69) is 40.1 Å². The first-order valence-electron chi connectivity index (χ1n) is 5.71. The maximum atomic E-state index is 5.76. The summed E-state index contributed by atoms with van der Waals surface area (Å²) < 4.78 is 1.97. The summed E-state index contributed by atoms with van der Waals surface area (Å²) in [4.78, 5) is 12.4. The van der Waals surface area contributed by atoms with Gasteiger partial charge in [0.15, 0.2) is 11.5 Å². The van der Waals surface area contributed by atoms with Crippen molar-refractivity contribution >= 4 is 17.0 Å². The second-order valence-corrected chi connectivity index (χ2v) is 4.29. The maximum absolute atomic E-state index is 5.76. The van der Waals surface area contributed by atoms with Crippen LogP contribution in [-0.4, -0.2) is 19.5 Å². The number of aryl methyl sites for hydroxylation is 1. The Labute approximate surface area is 104 Å². The fraction of sp³-hybridized carbons (Fsp3) is 0.154. The van der Waals surface area contributed by atoms with Crippen molar-refractivity contribution in [1.29, 1.82) is 0 Å². The minimum atomic E-state index is 0.419. The van der Waals surface area contributed by atoms with Crippen LogP contribution in [0.25, 0.3) is 11.2 Å². The number of rotatable bonds is 2. The van der Waals surface area contributed by atoms with E-state index in [1.54, 1.807) is 6.33 Å². The molecule has 0 spiro atoms. The smallest absolute Gasteiger partial charge is 0.165 e. The van der Waals surface area contributed by atoms with Crippen LogP contribution in [0.2, 0.25) is 0 Å². The van der Waals surface area contributed by atoms with E-state index in [0.717, 1.165) is 12.2 Å². The Morgan fingerprint density at radius 2 is 2.11 bits per heavy atom. The molecule has 0 aliphatic rings. The molecule has 18 heavy (non-hydrogen) atoms. The third kappa shape index (κ3) is 1.79. The predicted molar refractivity (Wildman–Crippen MR) is 70.0 cm³/mol. The molecule has 3 rings (SSSR count). The van der Waals surface area contributed by atoms with Crippen molar-refractivity contribution in [2.45, 2.75) is 13.5 Å². The first-order valence-corrected chi connectivity index (χ1v) is 5.71. The van der Waals surface area contributed by atoms with Gasteiger partial charge >= 0.3 is 0 Å². The van der Waals surface area contributed by atoms with E-state index in [1.807, 2.05) is 10.6 Å². The Morgan fingerprint density at radius 3 is 2.94 bits per heavy atom. The number of aromatic nitrogens is 4. The van der Waals surface area contributed by atoms with Crippen LogP contribution in [0.1, 0.15) is 11.1 Å². The molecule has 0 unspecified atom stereocenters. The molecule has 0 atom stereocenters. The lowest BCUT2D eigenvalue weighted by molar-refractivity contribution is 0.812. The lowest BCUT2D eigenvalue weighted by atomic mass is 10.1. The van der Waals surface area contributed by atoms with E-state index >= 15 is 0 Å². The van der Waals surface area contributed by atoms with Gasteiger partial charge in [-0.1, -0.05) is 29.8 Å². The van der Waals surface area contributed by atoms with Crippen LogP contribution in [0, 0.1) is 6.92 Å². The van der Waals surface area contributed by atoms with Gasteiger partial charge in [0.1, 0.15) is 11.8 Å². The van der Waals surface area contributed by atoms with Crippen LogP contribution in [0.15, 0.2) is 36.9 Å². The number of anilines is 1. The number of hydrogen-bond donors (Lipinski definition) is 1. The van der Waals surface area contributed by atoms with Crippen molar-refractivity contribution in [2.75, 3.05) is 5.73 Å². The minimum absolute atomic E-state index is 0.419. The molecule has 1 aromatic carbocycles. The van der Waals surface area contributed by atoms with Gasteiger partial charge in [0.05, 0.1) is 12.9 Å². The Morgan fingerprint density at radius 1 is 1.22 bits per heavy atom. The van der Waals surface area contributed by atoms with Crippen LogP contribution < -0.4 is 5.73 Å². The zero-order valence-corrected chi connectivity index (χ0v) is 10.0. The average Bonchev–Trinajstić information content (AvgIpc) is 2.74. The maximum Gasteiger partial charge on any atom is 0.165 e. The first-order chi connectivity index (χ1) is 8.74. The number of fused-ring (bicyclic) bond motifs is 1. The number of nitrogens with two attached hydrogens (primary N) is 1. The summed E-state index contributed by atoms with van der Waals surface area (Å²) in [6.07, 6.45) is 3.21. The fourth-order valence-corrected chi connectivity index (χ4v) is 2.02. The number of hydrogen-bond acceptors (Lipinski definition) is 4. The van der Waals surface area contributed by atoms with Gasteiger partial charge in [-0.15, -0.1) is 0 Å². The van der Waals surface area contributed by atoms with E-state index in [4.69, 9.17) is 5.73 Å². The van der Waals surface area contributed by atoms with Gasteiger partial charge in [0.2, 0.25) is 0 Å². The molecular weight excluding hydrogens is 226 g/mol. The van der Waals surface area contributed by atoms with Crippen molar-refractivity contribution in [3.63, 3.8) is 0 Å². The van der Waals surface area contributed by atoms with E-state index in [-0.39, 0.29) is 0 Å². The van der Waals surface area contributed by atoms with Crippen LogP contribution in [0.4, 0.5) is 5.82 Å². The van der Waals surface area contributed by atoms with Crippen molar-refractivity contribution < 1.29 is 0 Å². The highest BCUT2D eigenvalue weighted by molar-refractivity contribution is 5.81. The Kier molecular flexibility index (Phi) is 2.44. The minimum Gasteiger partial charge on any atom is -0.382 e. The standard InChI is InChI=1S/C13H13N5/c1-9-3-2-4-10(5-9)6-18-8-17-11-12(14)15-7-16-13(11)18/h2-5,7-8H,6H2,1H3,(H2,14,15,16). The van der Waals surface area contributed by atoms with Gasteiger partial charge in [0.25, 0.3) is 0 Å².